The average molecular weight is 397 g/mol. The van der Waals surface area contributed by atoms with Crippen LogP contribution in [-0.2, 0) is 16.4 Å². The van der Waals surface area contributed by atoms with Crippen LogP contribution in [0.25, 0.3) is 0 Å². The van der Waals surface area contributed by atoms with Gasteiger partial charge in [-0.05, 0) is 82.6 Å². The lowest BCUT2D eigenvalue weighted by molar-refractivity contribution is 0.208. The van der Waals surface area contributed by atoms with Crippen LogP contribution in [0.15, 0.2) is 18.2 Å². The van der Waals surface area contributed by atoms with Crippen molar-refractivity contribution in [1.82, 2.24) is 4.72 Å². The lowest BCUT2D eigenvalue weighted by atomic mass is 10.1. The van der Waals surface area contributed by atoms with E-state index in [1.54, 1.807) is 13.8 Å². The summed E-state index contributed by atoms with van der Waals surface area (Å²) in [4.78, 5) is 0. The molecule has 0 aromatic heterocycles. The molecule has 154 valence electrons. The first-order valence-electron chi connectivity index (χ1n) is 10.4. The summed E-state index contributed by atoms with van der Waals surface area (Å²) in [6.07, 6.45) is 9.16. The number of rotatable bonds is 12. The monoisotopic (exact) mass is 396 g/mol. The molecular weight excluding hydrogens is 360 g/mol. The predicted molar refractivity (Wildman–Crippen MR) is 113 cm³/mol. The largest absolute Gasteiger partial charge is 0.490 e. The Morgan fingerprint density at radius 3 is 2.48 bits per heavy atom. The van der Waals surface area contributed by atoms with Gasteiger partial charge >= 0.3 is 0 Å². The van der Waals surface area contributed by atoms with E-state index in [4.69, 9.17) is 4.74 Å². The summed E-state index contributed by atoms with van der Waals surface area (Å²) in [6, 6.07) is 6.39. The molecule has 1 fully saturated rings. The Labute approximate surface area is 165 Å². The van der Waals surface area contributed by atoms with Crippen molar-refractivity contribution < 1.29 is 13.2 Å². The Hall–Kier alpha value is -1.27. The van der Waals surface area contributed by atoms with E-state index in [0.29, 0.717) is 12.6 Å². The molecule has 0 aliphatic heterocycles. The van der Waals surface area contributed by atoms with Crippen molar-refractivity contribution in [2.45, 2.75) is 83.5 Å². The topological polar surface area (TPSA) is 67.4 Å². The molecule has 1 saturated carbocycles. The third-order valence-electron chi connectivity index (χ3n) is 5.14. The van der Waals surface area contributed by atoms with E-state index < -0.39 is 10.0 Å². The van der Waals surface area contributed by atoms with E-state index in [1.165, 1.54) is 31.2 Å². The van der Waals surface area contributed by atoms with Gasteiger partial charge in [0.1, 0.15) is 5.75 Å². The third-order valence-corrected chi connectivity index (χ3v) is 6.99. The molecule has 0 atom stereocenters. The Morgan fingerprint density at radius 2 is 1.81 bits per heavy atom. The van der Waals surface area contributed by atoms with Crippen molar-refractivity contribution in [2.75, 3.05) is 18.4 Å². The van der Waals surface area contributed by atoms with E-state index in [-0.39, 0.29) is 5.25 Å². The summed E-state index contributed by atoms with van der Waals surface area (Å²) in [5, 5.41) is 3.10. The number of hydrogen-bond acceptors (Lipinski definition) is 4. The molecule has 0 heterocycles. The van der Waals surface area contributed by atoms with Crippen LogP contribution < -0.4 is 14.8 Å². The maximum atomic E-state index is 11.7. The lowest BCUT2D eigenvalue weighted by Crippen LogP contribution is -2.31. The summed E-state index contributed by atoms with van der Waals surface area (Å²) in [5.74, 6) is 1.03. The van der Waals surface area contributed by atoms with Gasteiger partial charge in [-0.1, -0.05) is 13.3 Å². The molecule has 2 rings (SSSR count). The Balaban J connectivity index is 1.68. The van der Waals surface area contributed by atoms with Gasteiger partial charge in [0.2, 0.25) is 10.0 Å². The van der Waals surface area contributed by atoms with Crippen molar-refractivity contribution in [3.05, 3.63) is 23.8 Å². The predicted octanol–water partition coefficient (Wildman–Crippen LogP) is 4.48. The van der Waals surface area contributed by atoms with Crippen molar-refractivity contribution in [3.63, 3.8) is 0 Å². The zero-order valence-electron chi connectivity index (χ0n) is 17.1. The number of nitrogens with one attached hydrogen (secondary N) is 2. The van der Waals surface area contributed by atoms with E-state index in [0.717, 1.165) is 43.7 Å². The Kier molecular flexibility index (Phi) is 8.90. The number of hydrogen-bond donors (Lipinski definition) is 2. The minimum absolute atomic E-state index is 0.368. The zero-order valence-corrected chi connectivity index (χ0v) is 17.9. The smallest absolute Gasteiger partial charge is 0.213 e. The molecule has 6 heteroatoms. The molecule has 5 nitrogen and oxygen atoms in total. The minimum Gasteiger partial charge on any atom is -0.490 e. The normalized spacial score (nSPS) is 15.4. The van der Waals surface area contributed by atoms with Crippen LogP contribution in [0.5, 0.6) is 5.75 Å². The molecular formula is C21H36N2O3S. The summed E-state index contributed by atoms with van der Waals surface area (Å²) in [6.45, 7) is 6.97. The van der Waals surface area contributed by atoms with Crippen LogP contribution in [0.4, 0.5) is 5.69 Å². The molecule has 0 radical (unpaired) electrons. The van der Waals surface area contributed by atoms with Crippen LogP contribution in [0.1, 0.15) is 71.3 Å². The fraction of sp³-hybridized carbons (Fsp3) is 0.714. The van der Waals surface area contributed by atoms with Crippen LogP contribution in [0.2, 0.25) is 0 Å². The molecule has 0 spiro atoms. The van der Waals surface area contributed by atoms with Gasteiger partial charge in [-0.25, -0.2) is 13.1 Å². The van der Waals surface area contributed by atoms with Crippen molar-refractivity contribution in [2.24, 2.45) is 0 Å². The quantitative estimate of drug-likeness (QED) is 0.511. The fourth-order valence-electron chi connectivity index (χ4n) is 3.31. The second-order valence-electron chi connectivity index (χ2n) is 7.68. The SMILES string of the molecule is CCc1cc(NCCCCCNS(=O)(=O)C(C)C)ccc1OC1CCCC1. The molecule has 1 aliphatic carbocycles. The number of ether oxygens (including phenoxy) is 1. The highest BCUT2D eigenvalue weighted by Gasteiger charge is 2.17. The van der Waals surface area contributed by atoms with Crippen LogP contribution in [0, 0.1) is 0 Å². The van der Waals surface area contributed by atoms with Crippen LogP contribution >= 0.6 is 0 Å². The standard InChI is InChI=1S/C21H36N2O3S/c1-4-18-16-19(12-13-21(18)26-20-10-6-7-11-20)22-14-8-5-9-15-23-27(24,25)17(2)3/h12-13,16-17,20,22-23H,4-11,14-15H2,1-3H3. The van der Waals surface area contributed by atoms with Gasteiger partial charge < -0.3 is 10.1 Å². The first kappa shape index (κ1) is 22.0. The van der Waals surface area contributed by atoms with Gasteiger partial charge in [-0.3, -0.25) is 0 Å². The first-order valence-corrected chi connectivity index (χ1v) is 12.0. The highest BCUT2D eigenvalue weighted by molar-refractivity contribution is 7.90. The van der Waals surface area contributed by atoms with Crippen molar-refractivity contribution >= 4 is 15.7 Å². The average Bonchev–Trinajstić information content (AvgIpc) is 3.14. The highest BCUT2D eigenvalue weighted by atomic mass is 32.2. The molecule has 1 aromatic carbocycles. The number of sulfonamides is 1. The first-order chi connectivity index (χ1) is 12.9. The number of benzene rings is 1. The van der Waals surface area contributed by atoms with Crippen molar-refractivity contribution in [3.8, 4) is 5.75 Å². The van der Waals surface area contributed by atoms with Crippen LogP contribution in [-0.4, -0.2) is 32.9 Å². The van der Waals surface area contributed by atoms with Gasteiger partial charge in [0.15, 0.2) is 0 Å². The molecule has 2 N–H and O–H groups in total. The molecule has 0 amide bonds. The minimum atomic E-state index is -3.13. The molecule has 1 aliphatic rings. The number of unbranched alkanes of at least 4 members (excludes halogenated alkanes) is 2. The Morgan fingerprint density at radius 1 is 1.11 bits per heavy atom. The third kappa shape index (κ3) is 7.34. The van der Waals surface area contributed by atoms with Gasteiger partial charge in [0.25, 0.3) is 0 Å². The number of aryl methyl sites for hydroxylation is 1. The van der Waals surface area contributed by atoms with E-state index in [9.17, 15) is 8.42 Å². The molecule has 1 aromatic rings. The van der Waals surface area contributed by atoms with Crippen LogP contribution in [0.3, 0.4) is 0 Å². The molecule has 0 saturated heterocycles. The van der Waals surface area contributed by atoms with Gasteiger partial charge in [0, 0.05) is 18.8 Å². The summed E-state index contributed by atoms with van der Waals surface area (Å²) in [7, 11) is -3.13. The highest BCUT2D eigenvalue weighted by Crippen LogP contribution is 2.29. The van der Waals surface area contributed by atoms with E-state index in [1.807, 2.05) is 0 Å². The second-order valence-corrected chi connectivity index (χ2v) is 10.00. The van der Waals surface area contributed by atoms with E-state index >= 15 is 0 Å². The lowest BCUT2D eigenvalue weighted by Gasteiger charge is -2.17. The summed E-state index contributed by atoms with van der Waals surface area (Å²) >= 11 is 0. The van der Waals surface area contributed by atoms with Crippen molar-refractivity contribution in [1.29, 1.82) is 0 Å². The van der Waals surface area contributed by atoms with Gasteiger partial charge in [-0.2, -0.15) is 0 Å². The zero-order chi connectivity index (χ0) is 19.7. The van der Waals surface area contributed by atoms with E-state index in [2.05, 4.69) is 35.2 Å². The van der Waals surface area contributed by atoms with Gasteiger partial charge in [0.05, 0.1) is 11.4 Å². The fourth-order valence-corrected chi connectivity index (χ4v) is 4.07. The maximum Gasteiger partial charge on any atom is 0.213 e. The van der Waals surface area contributed by atoms with Gasteiger partial charge in [-0.15, -0.1) is 0 Å². The molecule has 0 unspecified atom stereocenters. The Bertz CT molecular complexity index is 668. The second kappa shape index (κ2) is 10.9. The molecule has 27 heavy (non-hydrogen) atoms. The number of anilines is 1. The summed E-state index contributed by atoms with van der Waals surface area (Å²) in [5.41, 5.74) is 2.39. The maximum absolute atomic E-state index is 11.7. The summed E-state index contributed by atoms with van der Waals surface area (Å²) < 4.78 is 32.2. The molecule has 0 bridgehead atoms.